The number of nitrogens with one attached hydrogen (secondary N) is 1. The number of aryl methyl sites for hydroxylation is 1. The molecule has 25 heavy (non-hydrogen) atoms. The number of ketones is 1. The molecule has 5 nitrogen and oxygen atoms in total. The minimum absolute atomic E-state index is 0.0344. The Kier molecular flexibility index (Phi) is 4.72. The number of nitrogens with zero attached hydrogens (tertiary/aromatic N) is 2. The molecule has 0 aliphatic carbocycles. The Morgan fingerprint density at radius 3 is 2.68 bits per heavy atom. The predicted molar refractivity (Wildman–Crippen MR) is 102 cm³/mol. The van der Waals surface area contributed by atoms with Gasteiger partial charge in [-0.3, -0.25) is 9.59 Å². The van der Waals surface area contributed by atoms with Crippen LogP contribution in [0.1, 0.15) is 47.6 Å². The van der Waals surface area contributed by atoms with Gasteiger partial charge in [-0.1, -0.05) is 31.3 Å². The van der Waals surface area contributed by atoms with Gasteiger partial charge in [-0.25, -0.2) is 4.98 Å². The number of Topliss-reactive ketones (excluding diaryl/α,β-unsaturated/α-hetero) is 1. The van der Waals surface area contributed by atoms with Crippen molar-refractivity contribution in [1.82, 2.24) is 9.55 Å². The lowest BCUT2D eigenvalue weighted by Crippen LogP contribution is -2.18. The van der Waals surface area contributed by atoms with E-state index in [1.165, 1.54) is 23.8 Å². The number of benzene rings is 1. The number of anilines is 1. The molecule has 3 aromatic rings. The summed E-state index contributed by atoms with van der Waals surface area (Å²) < 4.78 is 1.92. The largest absolute Gasteiger partial charge is 0.338 e. The maximum Gasteiger partial charge on any atom is 0.246 e. The second-order valence-electron chi connectivity index (χ2n) is 6.45. The van der Waals surface area contributed by atoms with Crippen LogP contribution in [0, 0.1) is 6.92 Å². The van der Waals surface area contributed by atoms with Gasteiger partial charge < -0.3 is 9.88 Å². The molecule has 0 saturated heterocycles. The Balaban J connectivity index is 1.76. The van der Waals surface area contributed by atoms with Crippen molar-refractivity contribution in [2.45, 2.75) is 40.2 Å². The number of thiazole rings is 1. The summed E-state index contributed by atoms with van der Waals surface area (Å²) in [6.45, 7) is 7.81. The molecule has 0 radical (unpaired) electrons. The van der Waals surface area contributed by atoms with Crippen molar-refractivity contribution in [3.63, 3.8) is 0 Å². The van der Waals surface area contributed by atoms with Gasteiger partial charge in [0.2, 0.25) is 5.91 Å². The molecule has 0 unspecified atom stereocenters. The van der Waals surface area contributed by atoms with Gasteiger partial charge in [0.05, 0.1) is 10.6 Å². The van der Waals surface area contributed by atoms with Crippen molar-refractivity contribution in [3.05, 3.63) is 46.6 Å². The van der Waals surface area contributed by atoms with Gasteiger partial charge >= 0.3 is 0 Å². The maximum atomic E-state index is 12.3. The molecule has 2 heterocycles. The molecular formula is C19H21N3O2S. The average Bonchev–Trinajstić information content (AvgIpc) is 3.10. The van der Waals surface area contributed by atoms with Crippen LogP contribution in [-0.2, 0) is 11.3 Å². The Morgan fingerprint density at radius 2 is 2.04 bits per heavy atom. The fourth-order valence-electron chi connectivity index (χ4n) is 2.81. The van der Waals surface area contributed by atoms with Crippen molar-refractivity contribution >= 4 is 39.1 Å². The first kappa shape index (κ1) is 17.4. The first-order chi connectivity index (χ1) is 11.8. The molecule has 0 saturated carbocycles. The predicted octanol–water partition coefficient (Wildman–Crippen LogP) is 4.37. The summed E-state index contributed by atoms with van der Waals surface area (Å²) in [7, 11) is 0. The number of fused-ring (bicyclic) bond motifs is 1. The fourth-order valence-corrected chi connectivity index (χ4v) is 3.68. The number of aromatic nitrogens is 2. The van der Waals surface area contributed by atoms with E-state index in [2.05, 4.69) is 42.3 Å². The SMILES string of the molecule is CC(=O)c1sc(NC(=O)Cn2ccc3cc(C(C)C)ccc32)nc1C. The number of rotatable bonds is 5. The summed E-state index contributed by atoms with van der Waals surface area (Å²) in [5, 5.41) is 4.38. The topological polar surface area (TPSA) is 64.0 Å². The van der Waals surface area contributed by atoms with Crippen LogP contribution < -0.4 is 5.32 Å². The lowest BCUT2D eigenvalue weighted by atomic mass is 10.0. The summed E-state index contributed by atoms with van der Waals surface area (Å²) in [6, 6.07) is 8.34. The van der Waals surface area contributed by atoms with E-state index in [0.29, 0.717) is 21.6 Å². The second-order valence-corrected chi connectivity index (χ2v) is 7.45. The molecule has 1 aromatic carbocycles. The Hall–Kier alpha value is -2.47. The van der Waals surface area contributed by atoms with Gasteiger partial charge in [0, 0.05) is 18.6 Å². The van der Waals surface area contributed by atoms with E-state index in [0.717, 1.165) is 10.9 Å². The molecule has 130 valence electrons. The van der Waals surface area contributed by atoms with Crippen molar-refractivity contribution in [1.29, 1.82) is 0 Å². The summed E-state index contributed by atoms with van der Waals surface area (Å²) in [5.74, 6) is 0.279. The molecule has 3 rings (SSSR count). The van der Waals surface area contributed by atoms with Crippen LogP contribution in [-0.4, -0.2) is 21.2 Å². The number of amides is 1. The van der Waals surface area contributed by atoms with Gasteiger partial charge in [-0.15, -0.1) is 0 Å². The van der Waals surface area contributed by atoms with Gasteiger partial charge in [0.25, 0.3) is 0 Å². The van der Waals surface area contributed by atoms with E-state index >= 15 is 0 Å². The van der Waals surface area contributed by atoms with Crippen LogP contribution in [0.2, 0.25) is 0 Å². The highest BCUT2D eigenvalue weighted by atomic mass is 32.1. The summed E-state index contributed by atoms with van der Waals surface area (Å²) in [4.78, 5) is 28.7. The Morgan fingerprint density at radius 1 is 1.28 bits per heavy atom. The van der Waals surface area contributed by atoms with E-state index < -0.39 is 0 Å². The number of carbonyl (C=O) groups is 2. The molecule has 0 spiro atoms. The Bertz CT molecular complexity index is 953. The fraction of sp³-hybridized carbons (Fsp3) is 0.316. The number of hydrogen-bond acceptors (Lipinski definition) is 4. The van der Waals surface area contributed by atoms with Gasteiger partial charge in [0.15, 0.2) is 10.9 Å². The van der Waals surface area contributed by atoms with Crippen LogP contribution in [0.5, 0.6) is 0 Å². The van der Waals surface area contributed by atoms with Gasteiger partial charge in [0.1, 0.15) is 6.54 Å². The third-order valence-corrected chi connectivity index (χ3v) is 5.31. The minimum atomic E-state index is -0.158. The van der Waals surface area contributed by atoms with E-state index in [9.17, 15) is 9.59 Å². The summed E-state index contributed by atoms with van der Waals surface area (Å²) in [5.41, 5.74) is 2.96. The second kappa shape index (κ2) is 6.80. The molecule has 0 fully saturated rings. The summed E-state index contributed by atoms with van der Waals surface area (Å²) in [6.07, 6.45) is 1.92. The van der Waals surface area contributed by atoms with E-state index in [-0.39, 0.29) is 18.2 Å². The highest BCUT2D eigenvalue weighted by molar-refractivity contribution is 7.17. The minimum Gasteiger partial charge on any atom is -0.338 e. The lowest BCUT2D eigenvalue weighted by molar-refractivity contribution is -0.116. The molecule has 6 heteroatoms. The molecule has 0 atom stereocenters. The smallest absolute Gasteiger partial charge is 0.246 e. The lowest BCUT2D eigenvalue weighted by Gasteiger charge is -2.08. The normalized spacial score (nSPS) is 11.2. The third kappa shape index (κ3) is 3.64. The molecule has 1 amide bonds. The molecule has 0 aliphatic rings. The maximum absolute atomic E-state index is 12.3. The first-order valence-electron chi connectivity index (χ1n) is 8.22. The van der Waals surface area contributed by atoms with Crippen molar-refractivity contribution < 1.29 is 9.59 Å². The van der Waals surface area contributed by atoms with E-state index in [4.69, 9.17) is 0 Å². The monoisotopic (exact) mass is 355 g/mol. The van der Waals surface area contributed by atoms with Gasteiger partial charge in [-0.2, -0.15) is 0 Å². The molecule has 1 N–H and O–H groups in total. The zero-order valence-electron chi connectivity index (χ0n) is 14.8. The Labute approximate surface area is 150 Å². The summed E-state index contributed by atoms with van der Waals surface area (Å²) >= 11 is 1.22. The van der Waals surface area contributed by atoms with Crippen molar-refractivity contribution in [2.24, 2.45) is 0 Å². The average molecular weight is 355 g/mol. The molecule has 2 aromatic heterocycles. The van der Waals surface area contributed by atoms with Crippen molar-refractivity contribution in [3.8, 4) is 0 Å². The van der Waals surface area contributed by atoms with Gasteiger partial charge in [-0.05, 0) is 42.0 Å². The first-order valence-corrected chi connectivity index (χ1v) is 9.04. The molecular weight excluding hydrogens is 334 g/mol. The quantitative estimate of drug-likeness (QED) is 0.691. The van der Waals surface area contributed by atoms with Crippen LogP contribution in [0.15, 0.2) is 30.5 Å². The van der Waals surface area contributed by atoms with Crippen LogP contribution >= 0.6 is 11.3 Å². The van der Waals surface area contributed by atoms with Crippen LogP contribution in [0.3, 0.4) is 0 Å². The third-order valence-electron chi connectivity index (χ3n) is 4.14. The number of hydrogen-bond donors (Lipinski definition) is 1. The van der Waals surface area contributed by atoms with E-state index in [1.54, 1.807) is 6.92 Å². The molecule has 0 bridgehead atoms. The zero-order chi connectivity index (χ0) is 18.1. The zero-order valence-corrected chi connectivity index (χ0v) is 15.6. The molecule has 0 aliphatic heterocycles. The highest BCUT2D eigenvalue weighted by Crippen LogP contribution is 2.24. The highest BCUT2D eigenvalue weighted by Gasteiger charge is 2.14. The standard InChI is InChI=1S/C19H21N3O2S/c1-11(2)14-5-6-16-15(9-14)7-8-22(16)10-17(24)21-19-20-12(3)18(25-19)13(4)23/h5-9,11H,10H2,1-4H3,(H,20,21,24). The van der Waals surface area contributed by atoms with E-state index in [1.807, 2.05) is 16.8 Å². The van der Waals surface area contributed by atoms with Crippen molar-refractivity contribution in [2.75, 3.05) is 5.32 Å². The van der Waals surface area contributed by atoms with Crippen LogP contribution in [0.25, 0.3) is 10.9 Å². The van der Waals surface area contributed by atoms with Crippen LogP contribution in [0.4, 0.5) is 5.13 Å². The number of carbonyl (C=O) groups excluding carboxylic acids is 2.